The van der Waals surface area contributed by atoms with Gasteiger partial charge in [-0.15, -0.1) is 0 Å². The fourth-order valence-electron chi connectivity index (χ4n) is 1.47. The smallest absolute Gasteiger partial charge is 0.340 e. The molecule has 0 spiro atoms. The number of carbonyl (C=O) groups excluding carboxylic acids is 1. The molecular formula is C12H17NO5. The van der Waals surface area contributed by atoms with E-state index in [0.717, 1.165) is 0 Å². The fraction of sp³-hybridized carbons (Fsp3) is 0.417. The Bertz CT molecular complexity index is 421. The Morgan fingerprint density at radius 1 is 1.44 bits per heavy atom. The van der Waals surface area contributed by atoms with Crippen LogP contribution in [0.2, 0.25) is 0 Å². The minimum absolute atomic E-state index is 0.124. The SMILES string of the molecule is CCOC(=O)c1cc(C(O)C(O)CO)ccc1N. The zero-order chi connectivity index (χ0) is 13.7. The van der Waals surface area contributed by atoms with E-state index < -0.39 is 24.8 Å². The molecule has 1 aromatic carbocycles. The van der Waals surface area contributed by atoms with Crippen molar-refractivity contribution in [1.29, 1.82) is 0 Å². The topological polar surface area (TPSA) is 113 Å². The molecule has 18 heavy (non-hydrogen) atoms. The molecule has 0 bridgehead atoms. The first-order chi connectivity index (χ1) is 8.51. The molecular weight excluding hydrogens is 238 g/mol. The number of hydrogen-bond acceptors (Lipinski definition) is 6. The van der Waals surface area contributed by atoms with Crippen LogP contribution in [0.4, 0.5) is 5.69 Å². The molecule has 5 N–H and O–H groups in total. The van der Waals surface area contributed by atoms with E-state index in [1.807, 2.05) is 0 Å². The highest BCUT2D eigenvalue weighted by atomic mass is 16.5. The lowest BCUT2D eigenvalue weighted by Gasteiger charge is -2.17. The molecule has 1 rings (SSSR count). The summed E-state index contributed by atoms with van der Waals surface area (Å²) < 4.78 is 4.82. The molecule has 0 amide bonds. The zero-order valence-corrected chi connectivity index (χ0v) is 10.0. The number of nitrogens with two attached hydrogens (primary N) is 1. The van der Waals surface area contributed by atoms with Gasteiger partial charge in [0.05, 0.1) is 18.8 Å². The monoisotopic (exact) mass is 255 g/mol. The first-order valence-corrected chi connectivity index (χ1v) is 5.54. The quantitative estimate of drug-likeness (QED) is 0.429. The normalized spacial score (nSPS) is 14.0. The van der Waals surface area contributed by atoms with Gasteiger partial charge in [-0.3, -0.25) is 0 Å². The standard InChI is InChI=1S/C12H17NO5/c1-2-18-12(17)8-5-7(3-4-9(8)13)11(16)10(15)6-14/h3-5,10-11,14-16H,2,6,13H2,1H3. The van der Waals surface area contributed by atoms with Crippen molar-refractivity contribution in [1.82, 2.24) is 0 Å². The summed E-state index contributed by atoms with van der Waals surface area (Å²) in [5, 5.41) is 27.8. The van der Waals surface area contributed by atoms with Gasteiger partial charge in [0.25, 0.3) is 0 Å². The average molecular weight is 255 g/mol. The van der Waals surface area contributed by atoms with Crippen molar-refractivity contribution < 1.29 is 24.9 Å². The number of aliphatic hydroxyl groups is 3. The van der Waals surface area contributed by atoms with E-state index in [9.17, 15) is 15.0 Å². The van der Waals surface area contributed by atoms with Crippen LogP contribution in [0, 0.1) is 0 Å². The molecule has 2 atom stereocenters. The molecule has 2 unspecified atom stereocenters. The van der Waals surface area contributed by atoms with Gasteiger partial charge in [0.15, 0.2) is 0 Å². The Morgan fingerprint density at radius 2 is 2.11 bits per heavy atom. The van der Waals surface area contributed by atoms with E-state index in [0.29, 0.717) is 0 Å². The van der Waals surface area contributed by atoms with Gasteiger partial charge >= 0.3 is 5.97 Å². The van der Waals surface area contributed by atoms with Crippen LogP contribution in [0.1, 0.15) is 28.9 Å². The minimum Gasteiger partial charge on any atom is -0.462 e. The van der Waals surface area contributed by atoms with Crippen molar-refractivity contribution >= 4 is 11.7 Å². The number of ether oxygens (including phenoxy) is 1. The number of nitrogen functional groups attached to an aromatic ring is 1. The Hall–Kier alpha value is -1.63. The third kappa shape index (κ3) is 3.19. The highest BCUT2D eigenvalue weighted by molar-refractivity contribution is 5.95. The minimum atomic E-state index is -1.32. The Labute approximate surface area is 105 Å². The lowest BCUT2D eigenvalue weighted by atomic mass is 10.0. The highest BCUT2D eigenvalue weighted by Crippen LogP contribution is 2.22. The second-order valence-corrected chi connectivity index (χ2v) is 3.76. The maximum Gasteiger partial charge on any atom is 0.340 e. The fourth-order valence-corrected chi connectivity index (χ4v) is 1.47. The van der Waals surface area contributed by atoms with Crippen molar-refractivity contribution in [2.75, 3.05) is 18.9 Å². The van der Waals surface area contributed by atoms with Gasteiger partial charge < -0.3 is 25.8 Å². The molecule has 0 saturated heterocycles. The summed E-state index contributed by atoms with van der Waals surface area (Å²) in [5.74, 6) is -0.595. The number of hydrogen-bond donors (Lipinski definition) is 4. The third-order valence-corrected chi connectivity index (χ3v) is 2.47. The second kappa shape index (κ2) is 6.34. The lowest BCUT2D eigenvalue weighted by molar-refractivity contribution is -0.0152. The number of benzene rings is 1. The van der Waals surface area contributed by atoms with Crippen molar-refractivity contribution in [3.8, 4) is 0 Å². The number of anilines is 1. The number of aliphatic hydroxyl groups excluding tert-OH is 3. The van der Waals surface area contributed by atoms with Crippen LogP contribution in [0.15, 0.2) is 18.2 Å². The van der Waals surface area contributed by atoms with Crippen LogP contribution >= 0.6 is 0 Å². The van der Waals surface area contributed by atoms with Gasteiger partial charge in [-0.1, -0.05) is 6.07 Å². The van der Waals surface area contributed by atoms with E-state index in [4.69, 9.17) is 15.6 Å². The van der Waals surface area contributed by atoms with Gasteiger partial charge in [0, 0.05) is 5.69 Å². The van der Waals surface area contributed by atoms with Gasteiger partial charge in [0.2, 0.25) is 0 Å². The van der Waals surface area contributed by atoms with Crippen molar-refractivity contribution in [2.45, 2.75) is 19.1 Å². The second-order valence-electron chi connectivity index (χ2n) is 3.76. The Balaban J connectivity index is 3.03. The predicted molar refractivity (Wildman–Crippen MR) is 64.9 cm³/mol. The molecule has 0 aliphatic carbocycles. The molecule has 0 aromatic heterocycles. The molecule has 6 nitrogen and oxygen atoms in total. The third-order valence-electron chi connectivity index (χ3n) is 2.47. The molecule has 100 valence electrons. The van der Waals surface area contributed by atoms with Crippen LogP contribution in [-0.4, -0.2) is 40.6 Å². The van der Waals surface area contributed by atoms with Gasteiger partial charge in [-0.2, -0.15) is 0 Å². The largest absolute Gasteiger partial charge is 0.462 e. The lowest BCUT2D eigenvalue weighted by Crippen LogP contribution is -2.22. The molecule has 0 aliphatic rings. The molecule has 1 aromatic rings. The highest BCUT2D eigenvalue weighted by Gasteiger charge is 2.20. The van der Waals surface area contributed by atoms with Crippen LogP contribution < -0.4 is 5.73 Å². The molecule has 0 aliphatic heterocycles. The van der Waals surface area contributed by atoms with Crippen molar-refractivity contribution in [2.24, 2.45) is 0 Å². The molecule has 0 heterocycles. The zero-order valence-electron chi connectivity index (χ0n) is 10.0. The van der Waals surface area contributed by atoms with Gasteiger partial charge in [-0.05, 0) is 24.6 Å². The summed E-state index contributed by atoms with van der Waals surface area (Å²) in [6.45, 7) is 1.30. The van der Waals surface area contributed by atoms with E-state index in [1.54, 1.807) is 6.92 Å². The average Bonchev–Trinajstić information content (AvgIpc) is 2.37. The first-order valence-electron chi connectivity index (χ1n) is 5.54. The Morgan fingerprint density at radius 3 is 2.67 bits per heavy atom. The summed E-state index contributed by atoms with van der Waals surface area (Å²) in [7, 11) is 0. The molecule has 0 fully saturated rings. The van der Waals surface area contributed by atoms with Crippen LogP contribution in [0.3, 0.4) is 0 Å². The summed E-state index contributed by atoms with van der Waals surface area (Å²) in [6, 6.07) is 4.26. The van der Waals surface area contributed by atoms with E-state index in [2.05, 4.69) is 0 Å². The summed E-state index contributed by atoms with van der Waals surface area (Å²) in [4.78, 5) is 11.6. The van der Waals surface area contributed by atoms with Gasteiger partial charge in [-0.25, -0.2) is 4.79 Å². The maximum atomic E-state index is 11.6. The van der Waals surface area contributed by atoms with Crippen LogP contribution in [0.5, 0.6) is 0 Å². The summed E-state index contributed by atoms with van der Waals surface area (Å²) in [5.41, 5.74) is 6.27. The van der Waals surface area contributed by atoms with Crippen LogP contribution in [0.25, 0.3) is 0 Å². The van der Waals surface area contributed by atoms with Crippen molar-refractivity contribution in [3.63, 3.8) is 0 Å². The van der Waals surface area contributed by atoms with Crippen molar-refractivity contribution in [3.05, 3.63) is 29.3 Å². The molecule has 6 heteroatoms. The summed E-state index contributed by atoms with van der Waals surface area (Å²) >= 11 is 0. The van der Waals surface area contributed by atoms with E-state index in [1.165, 1.54) is 18.2 Å². The predicted octanol–water partition coefficient (Wildman–Crippen LogP) is -0.168. The summed E-state index contributed by atoms with van der Waals surface area (Å²) in [6.07, 6.45) is -2.60. The van der Waals surface area contributed by atoms with Gasteiger partial charge in [0.1, 0.15) is 12.2 Å². The Kier molecular flexibility index (Phi) is 5.08. The number of carbonyl (C=O) groups is 1. The first kappa shape index (κ1) is 14.4. The van der Waals surface area contributed by atoms with Crippen LogP contribution in [-0.2, 0) is 4.74 Å². The molecule has 0 saturated carbocycles. The molecule has 0 radical (unpaired) electrons. The maximum absolute atomic E-state index is 11.6. The number of esters is 1. The van der Waals surface area contributed by atoms with E-state index >= 15 is 0 Å². The van der Waals surface area contributed by atoms with E-state index in [-0.39, 0.29) is 23.4 Å². The number of rotatable bonds is 5.